The van der Waals surface area contributed by atoms with Crippen LogP contribution in [0.1, 0.15) is 0 Å². The van der Waals surface area contributed by atoms with Crippen LogP contribution in [-0.2, 0) is 0 Å². The summed E-state index contributed by atoms with van der Waals surface area (Å²) in [4.78, 5) is 5.16. The summed E-state index contributed by atoms with van der Waals surface area (Å²) >= 11 is 0. The number of fused-ring (bicyclic) bond motifs is 9. The van der Waals surface area contributed by atoms with Crippen molar-refractivity contribution in [2.24, 2.45) is 0 Å². The molecule has 70 heavy (non-hydrogen) atoms. The molecule has 0 aliphatic rings. The molecule has 3 nitrogen and oxygen atoms in total. The monoisotopic (exact) mass is 911 g/mol. The fraction of sp³-hybridized carbons (Fsp3) is 0. The molecular weight excluding hydrogens is 867 g/mol. The van der Waals surface area contributed by atoms with Crippen LogP contribution in [0.15, 0.2) is 293 Å². The summed E-state index contributed by atoms with van der Waals surface area (Å²) in [5.41, 5.74) is 12.9. The van der Waals surface area contributed by atoms with Crippen molar-refractivity contribution in [3.8, 4) is 28.2 Å². The van der Waals surface area contributed by atoms with Gasteiger partial charge in [-0.05, 0) is 120 Å². The molecule has 0 aliphatic heterocycles. The van der Waals surface area contributed by atoms with Crippen LogP contribution in [0, 0.1) is 0 Å². The largest absolute Gasteiger partial charge is 0.309 e. The van der Waals surface area contributed by atoms with Crippen molar-refractivity contribution in [3.63, 3.8) is 0 Å². The third-order valence-corrected chi connectivity index (χ3v) is 18.2. The first-order chi connectivity index (χ1) is 34.8. The van der Waals surface area contributed by atoms with Crippen molar-refractivity contribution in [2.45, 2.75) is 19.6 Å². The fourth-order valence-corrected chi connectivity index (χ4v) is 15.5. The highest BCUT2D eigenvalue weighted by atomic mass is 32.3. The summed E-state index contributed by atoms with van der Waals surface area (Å²) in [6, 6.07) is 101. The van der Waals surface area contributed by atoms with Crippen molar-refractivity contribution in [2.75, 3.05) is 0 Å². The van der Waals surface area contributed by atoms with E-state index in [1.54, 1.807) is 0 Å². The van der Waals surface area contributed by atoms with Gasteiger partial charge in [-0.15, -0.1) is 10.0 Å². The molecule has 0 N–H and O–H groups in total. The molecule has 0 spiro atoms. The van der Waals surface area contributed by atoms with E-state index >= 15 is 0 Å². The van der Waals surface area contributed by atoms with Gasteiger partial charge in [-0.2, -0.15) is 0 Å². The molecule has 0 bridgehead atoms. The minimum absolute atomic E-state index is 1.13. The molecule has 0 radical (unpaired) electrons. The standard InChI is InChI=1S/C66H45N3S/c1-4-21-46(22-5-1)47-23-18-24-48(43-47)67-61-37-16-12-33-56(61)58-45-50(41-42-63(58)67)69-62-38-17-13-34-57(62)66-64(69)39-20-40-65(66)70(51-26-6-2-7-27-51,52-28-8-3-9-29-52)53-30-19-25-49(44-53)68-59-35-14-10-31-54(59)55-32-11-15-36-60(55)68/h1-45H. The maximum Gasteiger partial charge on any atom is 0.0552 e. The average Bonchev–Trinajstić information content (AvgIpc) is 4.08. The fourth-order valence-electron chi connectivity index (χ4n) is 11.4. The van der Waals surface area contributed by atoms with E-state index in [-0.39, 0.29) is 0 Å². The molecule has 4 heteroatoms. The summed E-state index contributed by atoms with van der Waals surface area (Å²) < 4.78 is 7.38. The molecule has 14 rings (SSSR count). The van der Waals surface area contributed by atoms with Gasteiger partial charge in [0.15, 0.2) is 0 Å². The Kier molecular flexibility index (Phi) is 9.29. The van der Waals surface area contributed by atoms with E-state index in [2.05, 4.69) is 287 Å². The minimum Gasteiger partial charge on any atom is -0.309 e. The first-order valence-corrected chi connectivity index (χ1v) is 25.6. The summed E-state index contributed by atoms with van der Waals surface area (Å²) in [5.74, 6) is 0. The quantitative estimate of drug-likeness (QED) is 0.144. The highest BCUT2D eigenvalue weighted by molar-refractivity contribution is 8.34. The van der Waals surface area contributed by atoms with Crippen LogP contribution in [0.5, 0.6) is 0 Å². The lowest BCUT2D eigenvalue weighted by Crippen LogP contribution is -2.07. The molecule has 0 atom stereocenters. The predicted octanol–water partition coefficient (Wildman–Crippen LogP) is 18.0. The lowest BCUT2D eigenvalue weighted by Gasteiger charge is -2.42. The van der Waals surface area contributed by atoms with Crippen molar-refractivity contribution < 1.29 is 0 Å². The van der Waals surface area contributed by atoms with Gasteiger partial charge in [0.2, 0.25) is 0 Å². The number of nitrogens with zero attached hydrogens (tertiary/aromatic N) is 3. The van der Waals surface area contributed by atoms with Crippen LogP contribution in [0.3, 0.4) is 0 Å². The number of aromatic nitrogens is 3. The predicted molar refractivity (Wildman–Crippen MR) is 295 cm³/mol. The van der Waals surface area contributed by atoms with Gasteiger partial charge in [-0.25, -0.2) is 0 Å². The van der Waals surface area contributed by atoms with E-state index < -0.39 is 10.0 Å². The van der Waals surface area contributed by atoms with Crippen molar-refractivity contribution >= 4 is 75.4 Å². The molecule has 3 aromatic heterocycles. The zero-order chi connectivity index (χ0) is 46.2. The third-order valence-electron chi connectivity index (χ3n) is 14.3. The van der Waals surface area contributed by atoms with E-state index in [1.807, 2.05) is 0 Å². The second kappa shape index (κ2) is 16.2. The Balaban J connectivity index is 1.03. The van der Waals surface area contributed by atoms with Gasteiger partial charge in [-0.3, -0.25) is 0 Å². The number of benzene rings is 11. The van der Waals surface area contributed by atoms with Gasteiger partial charge in [0, 0.05) is 69.0 Å². The molecule has 0 unspecified atom stereocenters. The van der Waals surface area contributed by atoms with Crippen LogP contribution in [0.2, 0.25) is 0 Å². The molecule has 14 aromatic rings. The van der Waals surface area contributed by atoms with Gasteiger partial charge >= 0.3 is 0 Å². The van der Waals surface area contributed by atoms with E-state index in [0.29, 0.717) is 0 Å². The van der Waals surface area contributed by atoms with Gasteiger partial charge in [0.25, 0.3) is 0 Å². The van der Waals surface area contributed by atoms with Gasteiger partial charge < -0.3 is 13.7 Å². The Hall–Kier alpha value is -8.83. The molecule has 0 aliphatic carbocycles. The summed E-state index contributed by atoms with van der Waals surface area (Å²) in [5, 5.41) is 7.46. The Morgan fingerprint density at radius 2 is 0.629 bits per heavy atom. The summed E-state index contributed by atoms with van der Waals surface area (Å²) in [6.45, 7) is 0. The van der Waals surface area contributed by atoms with Crippen LogP contribution >= 0.6 is 10.0 Å². The van der Waals surface area contributed by atoms with Crippen LogP contribution < -0.4 is 0 Å². The number of hydrogen-bond donors (Lipinski definition) is 0. The van der Waals surface area contributed by atoms with E-state index in [0.717, 1.165) is 17.1 Å². The highest BCUT2D eigenvalue weighted by Crippen LogP contribution is 2.75. The summed E-state index contributed by atoms with van der Waals surface area (Å²) in [6.07, 6.45) is 0. The molecule has 0 amide bonds. The molecule has 0 saturated carbocycles. The first kappa shape index (κ1) is 40.3. The third kappa shape index (κ3) is 6.03. The topological polar surface area (TPSA) is 14.8 Å². The van der Waals surface area contributed by atoms with Crippen LogP contribution in [0.4, 0.5) is 0 Å². The maximum absolute atomic E-state index is 2.50. The van der Waals surface area contributed by atoms with E-state index in [9.17, 15) is 0 Å². The SMILES string of the molecule is c1ccc(-c2cccc(-n3c4ccccc4c4cc(-n5c6ccccc6c6c(S(c7ccccc7)(c7ccccc7)c7cccc(-n8c9ccccc9c9ccccc98)c7)cccc65)ccc43)c2)cc1. The van der Waals surface area contributed by atoms with Crippen molar-refractivity contribution in [3.05, 3.63) is 273 Å². The Morgan fingerprint density at radius 3 is 1.24 bits per heavy atom. The van der Waals surface area contributed by atoms with E-state index in [1.165, 1.54) is 96.1 Å². The number of hydrogen-bond acceptors (Lipinski definition) is 0. The molecular formula is C66H45N3S. The first-order valence-electron chi connectivity index (χ1n) is 24.0. The lowest BCUT2D eigenvalue weighted by atomic mass is 10.1. The second-order valence-corrected chi connectivity index (χ2v) is 21.2. The molecule has 330 valence electrons. The highest BCUT2D eigenvalue weighted by Gasteiger charge is 2.36. The number of para-hydroxylation sites is 4. The molecule has 11 aromatic carbocycles. The second-order valence-electron chi connectivity index (χ2n) is 18.1. The average molecular weight is 912 g/mol. The van der Waals surface area contributed by atoms with Gasteiger partial charge in [-0.1, -0.05) is 164 Å². The lowest BCUT2D eigenvalue weighted by molar-refractivity contribution is 1.15. The Labute approximate surface area is 407 Å². The summed E-state index contributed by atoms with van der Waals surface area (Å²) in [7, 11) is -2.16. The molecule has 3 heterocycles. The zero-order valence-corrected chi connectivity index (χ0v) is 39.0. The van der Waals surface area contributed by atoms with Gasteiger partial charge in [0.05, 0.1) is 33.1 Å². The minimum atomic E-state index is -2.16. The number of rotatable bonds is 8. The van der Waals surface area contributed by atoms with Crippen LogP contribution in [0.25, 0.3) is 93.6 Å². The van der Waals surface area contributed by atoms with Crippen LogP contribution in [-0.4, -0.2) is 13.7 Å². The van der Waals surface area contributed by atoms with Gasteiger partial charge in [0.1, 0.15) is 0 Å². The van der Waals surface area contributed by atoms with Crippen molar-refractivity contribution in [1.29, 1.82) is 0 Å². The Morgan fingerprint density at radius 1 is 0.229 bits per heavy atom. The molecule has 0 fully saturated rings. The Bertz CT molecular complexity index is 4200. The van der Waals surface area contributed by atoms with E-state index in [4.69, 9.17) is 0 Å². The van der Waals surface area contributed by atoms with Crippen molar-refractivity contribution in [1.82, 2.24) is 13.7 Å². The zero-order valence-electron chi connectivity index (χ0n) is 38.2. The normalized spacial score (nSPS) is 12.2. The maximum atomic E-state index is 2.50. The smallest absolute Gasteiger partial charge is 0.0552 e. The molecule has 0 saturated heterocycles.